The minimum absolute atomic E-state index is 0.187. The van der Waals surface area contributed by atoms with Crippen molar-refractivity contribution >= 4 is 5.97 Å². The summed E-state index contributed by atoms with van der Waals surface area (Å²) < 4.78 is 10.7. The summed E-state index contributed by atoms with van der Waals surface area (Å²) in [6.07, 6.45) is 0.689. The topological polar surface area (TPSA) is 35.5 Å². The molecule has 1 unspecified atom stereocenters. The highest BCUT2D eigenvalue weighted by atomic mass is 16.6. The Morgan fingerprint density at radius 1 is 1.11 bits per heavy atom. The smallest absolute Gasteiger partial charge is 0.316 e. The van der Waals surface area contributed by atoms with Crippen LogP contribution in [0.1, 0.15) is 46.6 Å². The number of hydrogen-bond donors (Lipinski definition) is 0. The zero-order chi connectivity index (χ0) is 14.7. The highest BCUT2D eigenvalue weighted by Gasteiger charge is 2.37. The van der Waals surface area contributed by atoms with Crippen LogP contribution in [0.5, 0.6) is 5.75 Å². The summed E-state index contributed by atoms with van der Waals surface area (Å²) in [4.78, 5) is 12.4. The summed E-state index contributed by atoms with van der Waals surface area (Å²) in [6.45, 7) is 9.57. The molecular weight excluding hydrogens is 240 g/mol. The van der Waals surface area contributed by atoms with Crippen LogP contribution in [-0.2, 0) is 14.9 Å². The van der Waals surface area contributed by atoms with Gasteiger partial charge in [-0.05, 0) is 51.8 Å². The van der Waals surface area contributed by atoms with Gasteiger partial charge in [-0.15, -0.1) is 0 Å². The van der Waals surface area contributed by atoms with E-state index in [9.17, 15) is 4.79 Å². The molecule has 0 aromatic heterocycles. The van der Waals surface area contributed by atoms with E-state index in [0.717, 1.165) is 11.3 Å². The van der Waals surface area contributed by atoms with Gasteiger partial charge in [0.2, 0.25) is 0 Å². The molecule has 0 N–H and O–H groups in total. The molecule has 1 atom stereocenters. The van der Waals surface area contributed by atoms with Crippen LogP contribution < -0.4 is 4.74 Å². The molecular formula is C16H24O3. The summed E-state index contributed by atoms with van der Waals surface area (Å²) in [5, 5.41) is 0. The Balaban J connectivity index is 3.04. The fourth-order valence-electron chi connectivity index (χ4n) is 1.82. The third-order valence-electron chi connectivity index (χ3n) is 3.28. The van der Waals surface area contributed by atoms with Crippen LogP contribution in [0, 0.1) is 0 Å². The monoisotopic (exact) mass is 264 g/mol. The predicted molar refractivity (Wildman–Crippen MR) is 76.5 cm³/mol. The van der Waals surface area contributed by atoms with Gasteiger partial charge in [0.25, 0.3) is 0 Å². The Morgan fingerprint density at radius 3 is 2.00 bits per heavy atom. The molecule has 106 valence electrons. The summed E-state index contributed by atoms with van der Waals surface area (Å²) in [5.74, 6) is 0.596. The predicted octanol–water partition coefficient (Wildman–Crippen LogP) is 3.70. The van der Waals surface area contributed by atoms with Gasteiger partial charge in [0.05, 0.1) is 12.5 Å². The lowest BCUT2D eigenvalue weighted by molar-refractivity contribution is -0.161. The van der Waals surface area contributed by atoms with E-state index in [1.165, 1.54) is 0 Å². The number of esters is 1. The maximum atomic E-state index is 12.4. The van der Waals surface area contributed by atoms with Crippen molar-refractivity contribution in [2.45, 2.75) is 52.1 Å². The molecule has 1 rings (SSSR count). The lowest BCUT2D eigenvalue weighted by Gasteiger charge is -2.31. The zero-order valence-corrected chi connectivity index (χ0v) is 12.7. The van der Waals surface area contributed by atoms with Crippen molar-refractivity contribution in [3.63, 3.8) is 0 Å². The van der Waals surface area contributed by atoms with Crippen molar-refractivity contribution in [1.29, 1.82) is 0 Å². The van der Waals surface area contributed by atoms with Gasteiger partial charge >= 0.3 is 5.97 Å². The lowest BCUT2D eigenvalue weighted by Crippen LogP contribution is -2.38. The number of carbonyl (C=O) groups is 1. The van der Waals surface area contributed by atoms with Crippen molar-refractivity contribution in [2.24, 2.45) is 0 Å². The Hall–Kier alpha value is -1.51. The highest BCUT2D eigenvalue weighted by molar-refractivity contribution is 5.83. The van der Waals surface area contributed by atoms with Gasteiger partial charge in [0.15, 0.2) is 0 Å². The molecule has 0 amide bonds. The molecule has 1 aromatic carbocycles. The summed E-state index contributed by atoms with van der Waals surface area (Å²) in [6, 6.07) is 7.58. The van der Waals surface area contributed by atoms with E-state index in [4.69, 9.17) is 9.47 Å². The number of hydrogen-bond acceptors (Lipinski definition) is 3. The molecule has 3 heteroatoms. The third-order valence-corrected chi connectivity index (χ3v) is 3.28. The van der Waals surface area contributed by atoms with Gasteiger partial charge in [-0.1, -0.05) is 19.1 Å². The van der Waals surface area contributed by atoms with Crippen LogP contribution >= 0.6 is 0 Å². The van der Waals surface area contributed by atoms with Crippen LogP contribution in [0.15, 0.2) is 24.3 Å². The summed E-state index contributed by atoms with van der Waals surface area (Å²) in [5.41, 5.74) is -0.149. The molecule has 0 saturated heterocycles. The van der Waals surface area contributed by atoms with Crippen molar-refractivity contribution in [3.05, 3.63) is 29.8 Å². The summed E-state index contributed by atoms with van der Waals surface area (Å²) in [7, 11) is 1.63. The molecule has 1 aromatic rings. The first-order valence-electron chi connectivity index (χ1n) is 6.61. The minimum atomic E-state index is -0.625. The molecule has 0 heterocycles. The van der Waals surface area contributed by atoms with Gasteiger partial charge < -0.3 is 9.47 Å². The van der Waals surface area contributed by atoms with Gasteiger partial charge in [-0.25, -0.2) is 0 Å². The minimum Gasteiger partial charge on any atom is -0.497 e. The maximum Gasteiger partial charge on any atom is 0.316 e. The van der Waals surface area contributed by atoms with Crippen molar-refractivity contribution in [2.75, 3.05) is 7.11 Å². The first-order chi connectivity index (χ1) is 8.73. The van der Waals surface area contributed by atoms with Gasteiger partial charge in [-0.2, -0.15) is 0 Å². The van der Waals surface area contributed by atoms with Gasteiger partial charge in [-0.3, -0.25) is 4.79 Å². The Bertz CT molecular complexity index is 428. The van der Waals surface area contributed by atoms with Gasteiger partial charge in [0.1, 0.15) is 11.4 Å². The molecule has 0 spiro atoms. The molecule has 3 nitrogen and oxygen atoms in total. The average Bonchev–Trinajstić information content (AvgIpc) is 2.35. The van der Waals surface area contributed by atoms with Crippen molar-refractivity contribution in [3.8, 4) is 5.75 Å². The first-order valence-corrected chi connectivity index (χ1v) is 6.61. The van der Waals surface area contributed by atoms with E-state index in [1.54, 1.807) is 7.11 Å². The SMILES string of the molecule is CCC(C)(C(=O)OC(C)(C)C)c1ccc(OC)cc1. The quantitative estimate of drug-likeness (QED) is 0.778. The van der Waals surface area contributed by atoms with Crippen LogP contribution in [0.3, 0.4) is 0 Å². The van der Waals surface area contributed by atoms with E-state index < -0.39 is 11.0 Å². The number of carbonyl (C=O) groups excluding carboxylic acids is 1. The van der Waals surface area contributed by atoms with Crippen LogP contribution in [-0.4, -0.2) is 18.7 Å². The van der Waals surface area contributed by atoms with Crippen LogP contribution in [0.4, 0.5) is 0 Å². The molecule has 0 bridgehead atoms. The normalized spacial score (nSPS) is 14.6. The second kappa shape index (κ2) is 5.64. The average molecular weight is 264 g/mol. The first kappa shape index (κ1) is 15.5. The molecule has 0 aliphatic carbocycles. The number of methoxy groups -OCH3 is 1. The molecule has 0 aliphatic rings. The standard InChI is InChI=1S/C16H24O3/c1-7-16(5,14(17)19-15(2,3)4)12-8-10-13(18-6)11-9-12/h8-11H,7H2,1-6H3. The van der Waals surface area contributed by atoms with E-state index >= 15 is 0 Å². The Labute approximate surface area is 115 Å². The zero-order valence-electron chi connectivity index (χ0n) is 12.7. The molecule has 19 heavy (non-hydrogen) atoms. The Morgan fingerprint density at radius 2 is 1.63 bits per heavy atom. The third kappa shape index (κ3) is 3.72. The van der Waals surface area contributed by atoms with E-state index in [2.05, 4.69) is 0 Å². The molecule has 0 fully saturated rings. The van der Waals surface area contributed by atoms with E-state index in [1.807, 2.05) is 58.9 Å². The maximum absolute atomic E-state index is 12.4. The summed E-state index contributed by atoms with van der Waals surface area (Å²) >= 11 is 0. The lowest BCUT2D eigenvalue weighted by atomic mass is 9.80. The van der Waals surface area contributed by atoms with Crippen molar-refractivity contribution < 1.29 is 14.3 Å². The molecule has 0 aliphatic heterocycles. The fourth-order valence-corrected chi connectivity index (χ4v) is 1.82. The molecule has 0 saturated carbocycles. The number of benzene rings is 1. The second-order valence-electron chi connectivity index (χ2n) is 5.92. The number of ether oxygens (including phenoxy) is 2. The largest absolute Gasteiger partial charge is 0.497 e. The van der Waals surface area contributed by atoms with Crippen LogP contribution in [0.2, 0.25) is 0 Å². The van der Waals surface area contributed by atoms with Crippen molar-refractivity contribution in [1.82, 2.24) is 0 Å². The second-order valence-corrected chi connectivity index (χ2v) is 5.92. The van der Waals surface area contributed by atoms with Crippen LogP contribution in [0.25, 0.3) is 0 Å². The van der Waals surface area contributed by atoms with Gasteiger partial charge in [0, 0.05) is 0 Å². The Kier molecular flexibility index (Phi) is 4.61. The number of rotatable bonds is 4. The van der Waals surface area contributed by atoms with E-state index in [-0.39, 0.29) is 5.97 Å². The van der Waals surface area contributed by atoms with E-state index in [0.29, 0.717) is 6.42 Å². The fraction of sp³-hybridized carbons (Fsp3) is 0.562. The molecule has 0 radical (unpaired) electrons. The highest BCUT2D eigenvalue weighted by Crippen LogP contribution is 2.31.